The first-order valence-corrected chi connectivity index (χ1v) is 5.19. The van der Waals surface area contributed by atoms with E-state index in [0.29, 0.717) is 0 Å². The fourth-order valence-corrected chi connectivity index (χ4v) is 1.70. The SMILES string of the molecule is CC(C)(C)c1c(OC(N)=O)ccc(N)c1[N+](=O)[O-]. The summed E-state index contributed by atoms with van der Waals surface area (Å²) in [6, 6.07) is 2.71. The van der Waals surface area contributed by atoms with Gasteiger partial charge in [-0.05, 0) is 17.5 Å². The van der Waals surface area contributed by atoms with Crippen LogP contribution in [0.1, 0.15) is 26.3 Å². The van der Waals surface area contributed by atoms with E-state index in [0.717, 1.165) is 0 Å². The van der Waals surface area contributed by atoms with E-state index in [2.05, 4.69) is 0 Å². The van der Waals surface area contributed by atoms with E-state index in [-0.39, 0.29) is 22.7 Å². The third-order valence-electron chi connectivity index (χ3n) is 2.31. The summed E-state index contributed by atoms with van der Waals surface area (Å²) < 4.78 is 4.80. The molecule has 0 fully saturated rings. The number of ether oxygens (including phenoxy) is 1. The lowest BCUT2D eigenvalue weighted by Gasteiger charge is -2.22. The van der Waals surface area contributed by atoms with Crippen LogP contribution in [-0.2, 0) is 5.41 Å². The first kappa shape index (κ1) is 13.8. The largest absolute Gasteiger partial charge is 0.410 e. The topological polar surface area (TPSA) is 121 Å². The van der Waals surface area contributed by atoms with E-state index in [9.17, 15) is 14.9 Å². The van der Waals surface area contributed by atoms with Crippen molar-refractivity contribution in [1.29, 1.82) is 0 Å². The van der Waals surface area contributed by atoms with Crippen LogP contribution in [0.5, 0.6) is 5.75 Å². The zero-order valence-corrected chi connectivity index (χ0v) is 10.4. The van der Waals surface area contributed by atoms with Gasteiger partial charge < -0.3 is 16.2 Å². The zero-order chi connectivity index (χ0) is 14.1. The minimum atomic E-state index is -1.03. The summed E-state index contributed by atoms with van der Waals surface area (Å²) in [6.45, 7) is 5.26. The summed E-state index contributed by atoms with van der Waals surface area (Å²) >= 11 is 0. The lowest BCUT2D eigenvalue weighted by atomic mass is 9.84. The molecule has 0 bridgehead atoms. The van der Waals surface area contributed by atoms with E-state index in [1.807, 2.05) is 0 Å². The lowest BCUT2D eigenvalue weighted by Crippen LogP contribution is -2.22. The molecule has 0 saturated carbocycles. The highest BCUT2D eigenvalue weighted by Gasteiger charge is 2.32. The summed E-state index contributed by atoms with van der Waals surface area (Å²) in [5.74, 6) is 0.0518. The molecule has 0 unspecified atom stereocenters. The van der Waals surface area contributed by atoms with Crippen molar-refractivity contribution in [3.63, 3.8) is 0 Å². The Bertz CT molecular complexity index is 506. The van der Waals surface area contributed by atoms with Crippen LogP contribution in [0.15, 0.2) is 12.1 Å². The Morgan fingerprint density at radius 1 is 1.39 bits per heavy atom. The maximum atomic E-state index is 11.1. The standard InChI is InChI=1S/C11H15N3O4/c1-11(2,3)8-7(18-10(13)15)5-4-6(12)9(8)14(16)17/h4-5H,12H2,1-3H3,(H2,13,15). The highest BCUT2D eigenvalue weighted by molar-refractivity contribution is 5.73. The van der Waals surface area contributed by atoms with Gasteiger partial charge in [-0.2, -0.15) is 0 Å². The molecule has 0 aliphatic rings. The molecule has 1 aromatic rings. The first-order chi connectivity index (χ1) is 8.14. The second-order valence-corrected chi connectivity index (χ2v) is 4.80. The van der Waals surface area contributed by atoms with Gasteiger partial charge in [-0.15, -0.1) is 0 Å². The van der Waals surface area contributed by atoms with Gasteiger partial charge in [-0.1, -0.05) is 20.8 Å². The summed E-state index contributed by atoms with van der Waals surface area (Å²) in [7, 11) is 0. The molecule has 0 saturated heterocycles. The number of primary amides is 1. The smallest absolute Gasteiger partial charge is 0.409 e. The molecular weight excluding hydrogens is 238 g/mol. The van der Waals surface area contributed by atoms with Crippen molar-refractivity contribution in [3.05, 3.63) is 27.8 Å². The monoisotopic (exact) mass is 253 g/mol. The average molecular weight is 253 g/mol. The van der Waals surface area contributed by atoms with E-state index in [1.165, 1.54) is 12.1 Å². The molecule has 1 aromatic carbocycles. The normalized spacial score (nSPS) is 11.1. The molecule has 0 aliphatic carbocycles. The summed E-state index contributed by atoms with van der Waals surface area (Å²) in [4.78, 5) is 21.3. The molecule has 0 atom stereocenters. The summed E-state index contributed by atoms with van der Waals surface area (Å²) in [6.07, 6.45) is -1.03. The second-order valence-electron chi connectivity index (χ2n) is 4.80. The van der Waals surface area contributed by atoms with Gasteiger partial charge in [-0.3, -0.25) is 10.1 Å². The van der Waals surface area contributed by atoms with Crippen molar-refractivity contribution in [2.24, 2.45) is 5.73 Å². The molecule has 4 N–H and O–H groups in total. The Balaban J connectivity index is 3.60. The fraction of sp³-hybridized carbons (Fsp3) is 0.364. The van der Waals surface area contributed by atoms with Gasteiger partial charge in [0.25, 0.3) is 5.69 Å². The number of amides is 1. The van der Waals surface area contributed by atoms with Gasteiger partial charge in [0.1, 0.15) is 11.4 Å². The van der Waals surface area contributed by atoms with E-state index < -0.39 is 16.4 Å². The molecule has 1 rings (SSSR count). The lowest BCUT2D eigenvalue weighted by molar-refractivity contribution is -0.385. The number of benzene rings is 1. The van der Waals surface area contributed by atoms with Gasteiger partial charge in [0.05, 0.1) is 10.5 Å². The second kappa shape index (κ2) is 4.52. The van der Waals surface area contributed by atoms with Crippen molar-refractivity contribution in [1.82, 2.24) is 0 Å². The van der Waals surface area contributed by atoms with Crippen molar-refractivity contribution in [3.8, 4) is 5.75 Å². The molecule has 0 aliphatic heterocycles. The fourth-order valence-electron chi connectivity index (χ4n) is 1.70. The molecule has 7 nitrogen and oxygen atoms in total. The third-order valence-corrected chi connectivity index (χ3v) is 2.31. The number of nitrogens with two attached hydrogens (primary N) is 2. The molecule has 0 heterocycles. The predicted molar refractivity (Wildman–Crippen MR) is 66.4 cm³/mol. The maximum Gasteiger partial charge on any atom is 0.409 e. The quantitative estimate of drug-likeness (QED) is 0.473. The first-order valence-electron chi connectivity index (χ1n) is 5.19. The van der Waals surface area contributed by atoms with Crippen molar-refractivity contribution in [2.45, 2.75) is 26.2 Å². The molecular formula is C11H15N3O4. The zero-order valence-electron chi connectivity index (χ0n) is 10.4. The number of nitro benzene ring substituents is 1. The Morgan fingerprint density at radius 2 is 1.94 bits per heavy atom. The van der Waals surface area contributed by atoms with Gasteiger partial charge >= 0.3 is 6.09 Å². The highest BCUT2D eigenvalue weighted by Crippen LogP contribution is 2.41. The third kappa shape index (κ3) is 2.68. The molecule has 98 valence electrons. The van der Waals surface area contributed by atoms with Gasteiger partial charge in [0, 0.05) is 0 Å². The Hall–Kier alpha value is -2.31. The van der Waals surface area contributed by atoms with Crippen LogP contribution < -0.4 is 16.2 Å². The number of anilines is 1. The van der Waals surface area contributed by atoms with Crippen LogP contribution in [0.25, 0.3) is 0 Å². The van der Waals surface area contributed by atoms with Crippen molar-refractivity contribution < 1.29 is 14.5 Å². The minimum Gasteiger partial charge on any atom is -0.410 e. The van der Waals surface area contributed by atoms with Crippen LogP contribution in [0, 0.1) is 10.1 Å². The Kier molecular flexibility index (Phi) is 3.45. The number of hydrogen-bond acceptors (Lipinski definition) is 5. The number of nitro groups is 1. The summed E-state index contributed by atoms with van der Waals surface area (Å²) in [5, 5.41) is 11.1. The predicted octanol–water partition coefficient (Wildman–Crippen LogP) is 1.93. The Labute approximate surface area is 104 Å². The van der Waals surface area contributed by atoms with Crippen molar-refractivity contribution in [2.75, 3.05) is 5.73 Å². The van der Waals surface area contributed by atoms with Gasteiger partial charge in [-0.25, -0.2) is 4.79 Å². The van der Waals surface area contributed by atoms with Gasteiger partial charge in [0.15, 0.2) is 0 Å². The van der Waals surface area contributed by atoms with Gasteiger partial charge in [0.2, 0.25) is 0 Å². The van der Waals surface area contributed by atoms with Crippen LogP contribution in [0.4, 0.5) is 16.2 Å². The van der Waals surface area contributed by atoms with Crippen molar-refractivity contribution >= 4 is 17.5 Å². The van der Waals surface area contributed by atoms with Crippen LogP contribution in [-0.4, -0.2) is 11.0 Å². The van der Waals surface area contributed by atoms with Crippen LogP contribution in [0.2, 0.25) is 0 Å². The number of carbonyl (C=O) groups excluding carboxylic acids is 1. The van der Waals surface area contributed by atoms with Crippen LogP contribution in [0.3, 0.4) is 0 Å². The molecule has 1 amide bonds. The average Bonchev–Trinajstić information content (AvgIpc) is 2.17. The van der Waals surface area contributed by atoms with E-state index in [1.54, 1.807) is 20.8 Å². The Morgan fingerprint density at radius 3 is 2.33 bits per heavy atom. The maximum absolute atomic E-state index is 11.1. The number of rotatable bonds is 2. The minimum absolute atomic E-state index is 0.0155. The number of nitrogens with zero attached hydrogens (tertiary/aromatic N) is 1. The summed E-state index contributed by atoms with van der Waals surface area (Å²) in [5.41, 5.74) is 9.92. The number of hydrogen-bond donors (Lipinski definition) is 2. The molecule has 0 radical (unpaired) electrons. The molecule has 18 heavy (non-hydrogen) atoms. The van der Waals surface area contributed by atoms with E-state index >= 15 is 0 Å². The molecule has 0 aromatic heterocycles. The molecule has 7 heteroatoms. The van der Waals surface area contributed by atoms with E-state index in [4.69, 9.17) is 16.2 Å². The number of carbonyl (C=O) groups is 1. The van der Waals surface area contributed by atoms with Crippen LogP contribution >= 0.6 is 0 Å². The highest BCUT2D eigenvalue weighted by atomic mass is 16.6. The number of nitrogen functional groups attached to an aromatic ring is 1. The molecule has 0 spiro atoms.